The third kappa shape index (κ3) is 3.79. The van der Waals surface area contributed by atoms with Crippen LogP contribution in [0.3, 0.4) is 0 Å². The van der Waals surface area contributed by atoms with Gasteiger partial charge in [0.15, 0.2) is 5.69 Å². The van der Waals surface area contributed by atoms with Crippen molar-refractivity contribution in [2.75, 3.05) is 39.3 Å². The van der Waals surface area contributed by atoms with Crippen LogP contribution in [0, 0.1) is 0 Å². The molecule has 1 N–H and O–H groups in total. The van der Waals surface area contributed by atoms with Crippen LogP contribution in [-0.4, -0.2) is 70.8 Å². The lowest BCUT2D eigenvalue weighted by molar-refractivity contribution is 0.0767. The van der Waals surface area contributed by atoms with Crippen LogP contribution in [0.5, 0.6) is 0 Å². The molecular formula is C20H28ClN5O2. The predicted molar refractivity (Wildman–Crippen MR) is 112 cm³/mol. The number of hydrogen-bond acceptors (Lipinski definition) is 5. The lowest BCUT2D eigenvalue weighted by Gasteiger charge is -2.32. The second-order valence-corrected chi connectivity index (χ2v) is 7.72. The fraction of sp³-hybridized carbons (Fsp3) is 0.550. The summed E-state index contributed by atoms with van der Waals surface area (Å²) in [5.74, 6) is -0.0711. The highest BCUT2D eigenvalue weighted by Gasteiger charge is 2.33. The van der Waals surface area contributed by atoms with Gasteiger partial charge in [-0.05, 0) is 26.3 Å². The third-order valence-electron chi connectivity index (χ3n) is 5.64. The Balaban J connectivity index is 0.00000225. The molecule has 1 amide bonds. The van der Waals surface area contributed by atoms with Crippen LogP contribution in [-0.2, 0) is 0 Å². The lowest BCUT2D eigenvalue weighted by Crippen LogP contribution is -2.49. The van der Waals surface area contributed by atoms with Crippen molar-refractivity contribution in [1.29, 1.82) is 0 Å². The van der Waals surface area contributed by atoms with E-state index in [2.05, 4.69) is 15.3 Å². The highest BCUT2D eigenvalue weighted by molar-refractivity contribution is 6.04. The summed E-state index contributed by atoms with van der Waals surface area (Å²) < 4.78 is 1.43. The summed E-state index contributed by atoms with van der Waals surface area (Å²) in [6.07, 6.45) is 0.994. The molecule has 4 rings (SSSR count). The minimum absolute atomic E-state index is 0. The molecule has 0 spiro atoms. The zero-order valence-corrected chi connectivity index (χ0v) is 17.2. The largest absolute Gasteiger partial charge is 0.336 e. The molecule has 152 valence electrons. The summed E-state index contributed by atoms with van der Waals surface area (Å²) in [5.41, 5.74) is 0.247. The molecule has 2 saturated heterocycles. The normalized spacial score (nSPS) is 20.5. The van der Waals surface area contributed by atoms with Gasteiger partial charge in [-0.3, -0.25) is 14.5 Å². The highest BCUT2D eigenvalue weighted by Crippen LogP contribution is 2.21. The third-order valence-corrected chi connectivity index (χ3v) is 5.64. The van der Waals surface area contributed by atoms with Gasteiger partial charge in [-0.25, -0.2) is 4.68 Å². The molecule has 28 heavy (non-hydrogen) atoms. The van der Waals surface area contributed by atoms with E-state index in [9.17, 15) is 9.59 Å². The first-order valence-corrected chi connectivity index (χ1v) is 9.82. The van der Waals surface area contributed by atoms with Gasteiger partial charge in [-0.1, -0.05) is 18.2 Å². The first kappa shape index (κ1) is 20.8. The standard InChI is InChI=1S/C20H27N5O2.ClH/c1-14(2)25-19(26)17-6-4-3-5-16(17)18(22-25)20(27)24-10-7-15(13-24)23-11-8-21-9-12-23;/h3-6,14-15,21H,7-13H2,1-2H3;1H. The summed E-state index contributed by atoms with van der Waals surface area (Å²) in [4.78, 5) is 30.4. The van der Waals surface area contributed by atoms with Gasteiger partial charge < -0.3 is 10.2 Å². The van der Waals surface area contributed by atoms with Gasteiger partial charge in [0.2, 0.25) is 0 Å². The molecule has 1 unspecified atom stereocenters. The maximum Gasteiger partial charge on any atom is 0.275 e. The van der Waals surface area contributed by atoms with Crippen molar-refractivity contribution in [2.24, 2.45) is 0 Å². The van der Waals surface area contributed by atoms with Crippen molar-refractivity contribution in [1.82, 2.24) is 24.9 Å². The van der Waals surface area contributed by atoms with E-state index in [-0.39, 0.29) is 29.9 Å². The molecule has 0 bridgehead atoms. The molecule has 1 atom stereocenters. The average Bonchev–Trinajstić information content (AvgIpc) is 3.19. The van der Waals surface area contributed by atoms with Gasteiger partial charge in [0.25, 0.3) is 11.5 Å². The molecule has 8 heteroatoms. The van der Waals surface area contributed by atoms with Gasteiger partial charge in [-0.15, -0.1) is 12.4 Å². The van der Waals surface area contributed by atoms with E-state index >= 15 is 0 Å². The predicted octanol–water partition coefficient (Wildman–Crippen LogP) is 1.52. The van der Waals surface area contributed by atoms with E-state index in [0.717, 1.165) is 45.7 Å². The van der Waals surface area contributed by atoms with Gasteiger partial charge >= 0.3 is 0 Å². The van der Waals surface area contributed by atoms with Crippen molar-refractivity contribution in [2.45, 2.75) is 32.4 Å². The van der Waals surface area contributed by atoms with Crippen molar-refractivity contribution in [3.63, 3.8) is 0 Å². The Bertz CT molecular complexity index is 907. The van der Waals surface area contributed by atoms with Gasteiger partial charge in [0, 0.05) is 50.7 Å². The monoisotopic (exact) mass is 405 g/mol. The number of carbonyl (C=O) groups excluding carboxylic acids is 1. The van der Waals surface area contributed by atoms with Crippen molar-refractivity contribution >= 4 is 29.1 Å². The topological polar surface area (TPSA) is 70.5 Å². The smallest absolute Gasteiger partial charge is 0.275 e. The number of hydrogen-bond donors (Lipinski definition) is 1. The van der Waals surface area contributed by atoms with Crippen LogP contribution >= 0.6 is 12.4 Å². The summed E-state index contributed by atoms with van der Waals surface area (Å²) in [7, 11) is 0. The Morgan fingerprint density at radius 1 is 1.14 bits per heavy atom. The Kier molecular flexibility index (Phi) is 6.37. The van der Waals surface area contributed by atoms with Crippen molar-refractivity contribution in [3.05, 3.63) is 40.3 Å². The molecule has 2 fully saturated rings. The number of nitrogens with one attached hydrogen (secondary N) is 1. The summed E-state index contributed by atoms with van der Waals surface area (Å²) >= 11 is 0. The molecule has 2 aliphatic heterocycles. The maximum atomic E-state index is 13.3. The minimum atomic E-state index is -0.141. The number of piperazine rings is 1. The van der Waals surface area contributed by atoms with E-state index in [1.807, 2.05) is 36.9 Å². The number of likely N-dealkylation sites (tertiary alicyclic amines) is 1. The van der Waals surface area contributed by atoms with Crippen LogP contribution in [0.15, 0.2) is 29.1 Å². The Morgan fingerprint density at radius 3 is 2.50 bits per heavy atom. The van der Waals surface area contributed by atoms with E-state index in [1.54, 1.807) is 6.07 Å². The van der Waals surface area contributed by atoms with Gasteiger partial charge in [0.05, 0.1) is 11.4 Å². The molecular weight excluding hydrogens is 378 g/mol. The minimum Gasteiger partial charge on any atom is -0.336 e. The van der Waals surface area contributed by atoms with Crippen LogP contribution in [0.25, 0.3) is 10.8 Å². The second kappa shape index (κ2) is 8.59. The van der Waals surface area contributed by atoms with Crippen LogP contribution < -0.4 is 10.9 Å². The molecule has 7 nitrogen and oxygen atoms in total. The van der Waals surface area contributed by atoms with Crippen molar-refractivity contribution < 1.29 is 4.79 Å². The van der Waals surface area contributed by atoms with Gasteiger partial charge in [0.1, 0.15) is 0 Å². The zero-order valence-electron chi connectivity index (χ0n) is 16.4. The van der Waals surface area contributed by atoms with E-state index in [0.29, 0.717) is 22.5 Å². The molecule has 3 heterocycles. The van der Waals surface area contributed by atoms with E-state index in [4.69, 9.17) is 0 Å². The number of rotatable bonds is 3. The average molecular weight is 406 g/mol. The molecule has 2 aromatic rings. The number of carbonyl (C=O) groups is 1. The zero-order chi connectivity index (χ0) is 19.0. The SMILES string of the molecule is CC(C)n1nc(C(=O)N2CCC(N3CCNCC3)C2)c2ccccc2c1=O.Cl. The second-order valence-electron chi connectivity index (χ2n) is 7.72. The quantitative estimate of drug-likeness (QED) is 0.838. The Morgan fingerprint density at radius 2 is 1.82 bits per heavy atom. The molecule has 1 aromatic heterocycles. The fourth-order valence-corrected chi connectivity index (χ4v) is 4.14. The highest BCUT2D eigenvalue weighted by atomic mass is 35.5. The molecule has 0 aliphatic carbocycles. The first-order chi connectivity index (χ1) is 13.1. The Hall–Kier alpha value is -1.96. The van der Waals surface area contributed by atoms with Gasteiger partial charge in [-0.2, -0.15) is 5.10 Å². The van der Waals surface area contributed by atoms with Crippen molar-refractivity contribution in [3.8, 4) is 0 Å². The summed E-state index contributed by atoms with van der Waals surface area (Å²) in [6.45, 7) is 9.38. The Labute approximate surface area is 171 Å². The number of halogens is 1. The number of aromatic nitrogens is 2. The molecule has 0 radical (unpaired) electrons. The number of fused-ring (bicyclic) bond motifs is 1. The van der Waals surface area contributed by atoms with E-state index in [1.165, 1.54) is 4.68 Å². The summed E-state index contributed by atoms with van der Waals surface area (Å²) in [5, 5.41) is 9.05. The van der Waals surface area contributed by atoms with Crippen LogP contribution in [0.1, 0.15) is 36.8 Å². The first-order valence-electron chi connectivity index (χ1n) is 9.82. The van der Waals surface area contributed by atoms with E-state index < -0.39 is 0 Å². The number of amides is 1. The fourth-order valence-electron chi connectivity index (χ4n) is 4.14. The van der Waals surface area contributed by atoms with Crippen LogP contribution in [0.2, 0.25) is 0 Å². The molecule has 1 aromatic carbocycles. The molecule has 0 saturated carbocycles. The number of benzene rings is 1. The lowest BCUT2D eigenvalue weighted by atomic mass is 10.1. The maximum absolute atomic E-state index is 13.3. The van der Waals surface area contributed by atoms with Crippen LogP contribution in [0.4, 0.5) is 0 Å². The number of nitrogens with zero attached hydrogens (tertiary/aromatic N) is 4. The molecule has 2 aliphatic rings. The summed E-state index contributed by atoms with van der Waals surface area (Å²) in [6, 6.07) is 7.61.